The Bertz CT molecular complexity index is 1830. The third-order valence-corrected chi connectivity index (χ3v) is 10.8. The van der Waals surface area contributed by atoms with Crippen molar-refractivity contribution in [2.24, 2.45) is 5.73 Å². The molecular formula is C44H55N5. The van der Waals surface area contributed by atoms with E-state index in [1.54, 1.807) is 0 Å². The fraction of sp³-hybridized carbons (Fsp3) is 0.364. The normalized spacial score (nSPS) is 21.6. The Balaban J connectivity index is 1.42. The van der Waals surface area contributed by atoms with Crippen LogP contribution in [0.25, 0.3) is 5.70 Å². The van der Waals surface area contributed by atoms with E-state index in [0.717, 1.165) is 56.5 Å². The number of hydrogen-bond acceptors (Lipinski definition) is 5. The van der Waals surface area contributed by atoms with Crippen LogP contribution < -0.4 is 26.6 Å². The number of rotatable bonds is 10. The van der Waals surface area contributed by atoms with Crippen LogP contribution in [0, 0.1) is 0 Å². The molecule has 256 valence electrons. The summed E-state index contributed by atoms with van der Waals surface area (Å²) in [5, 5.41) is 3.71. The first-order chi connectivity index (χ1) is 23.6. The van der Waals surface area contributed by atoms with Gasteiger partial charge in [0.1, 0.15) is 0 Å². The van der Waals surface area contributed by atoms with Gasteiger partial charge < -0.3 is 26.6 Å². The van der Waals surface area contributed by atoms with Crippen molar-refractivity contribution in [1.29, 1.82) is 0 Å². The fourth-order valence-corrected chi connectivity index (χ4v) is 8.24. The van der Waals surface area contributed by atoms with E-state index in [9.17, 15) is 0 Å². The number of hydrogen-bond donors (Lipinski definition) is 3. The van der Waals surface area contributed by atoms with Crippen LogP contribution >= 0.6 is 0 Å². The molecule has 2 aliphatic heterocycles. The molecule has 3 aromatic rings. The van der Waals surface area contributed by atoms with E-state index in [0.29, 0.717) is 11.4 Å². The number of allylic oxidation sites excluding steroid dienone is 6. The summed E-state index contributed by atoms with van der Waals surface area (Å²) in [6.45, 7) is 16.0. The lowest BCUT2D eigenvalue weighted by atomic mass is 9.80. The SMILES string of the molecule is CCCN1/C(=C/C=C2\CCCC(/C=C/C3N(CCC)c4ccccc4C3(C)C)=C2N/C=C(\N)c2ccccc2N)C(C)(C)c2ccccc21. The molecule has 0 saturated heterocycles. The Morgan fingerprint density at radius 3 is 2.24 bits per heavy atom. The van der Waals surface area contributed by atoms with Crippen LogP contribution in [0.5, 0.6) is 0 Å². The Morgan fingerprint density at radius 1 is 0.837 bits per heavy atom. The maximum atomic E-state index is 6.66. The van der Waals surface area contributed by atoms with Gasteiger partial charge in [0.25, 0.3) is 0 Å². The van der Waals surface area contributed by atoms with E-state index < -0.39 is 0 Å². The molecule has 0 spiro atoms. The second-order valence-electron chi connectivity index (χ2n) is 14.9. The Morgan fingerprint density at radius 2 is 1.51 bits per heavy atom. The number of benzene rings is 3. The van der Waals surface area contributed by atoms with Crippen molar-refractivity contribution in [2.75, 3.05) is 28.6 Å². The van der Waals surface area contributed by atoms with Crippen molar-refractivity contribution in [1.82, 2.24) is 5.32 Å². The highest BCUT2D eigenvalue weighted by atomic mass is 15.2. The molecule has 1 aliphatic carbocycles. The maximum absolute atomic E-state index is 6.66. The molecule has 0 aromatic heterocycles. The molecule has 1 unspecified atom stereocenters. The molecule has 3 aliphatic rings. The standard InChI is InChI=1S/C44H55N5/c1-7-28-48-38-22-13-10-19-34(38)43(3,4)40(48)26-24-31-16-15-17-32(42(31)47-30-37(46)33-18-9-12-21-36(33)45)25-27-41-44(5,6)35-20-11-14-23-39(35)49(41)29-8-2/h9-14,18-27,30,40,47H,7-8,15-17,28-29,45-46H2,1-6H3/b26-24+,32-25+,37-30-,41-27+. The molecule has 0 bridgehead atoms. The number of nitrogen functional groups attached to an aromatic ring is 1. The lowest BCUT2D eigenvalue weighted by molar-refractivity contribution is 0.473. The summed E-state index contributed by atoms with van der Waals surface area (Å²) in [5.41, 5.74) is 25.6. The average Bonchev–Trinajstić information content (AvgIpc) is 3.44. The first-order valence-electron chi connectivity index (χ1n) is 18.2. The summed E-state index contributed by atoms with van der Waals surface area (Å²) in [6.07, 6.45) is 16.8. The minimum atomic E-state index is -0.0848. The van der Waals surface area contributed by atoms with Crippen molar-refractivity contribution in [2.45, 2.75) is 90.5 Å². The minimum Gasteiger partial charge on any atom is -0.398 e. The topological polar surface area (TPSA) is 70.5 Å². The molecule has 5 heteroatoms. The molecule has 0 radical (unpaired) electrons. The molecule has 2 heterocycles. The van der Waals surface area contributed by atoms with Crippen LogP contribution in [0.4, 0.5) is 17.1 Å². The van der Waals surface area contributed by atoms with Crippen molar-refractivity contribution in [3.8, 4) is 0 Å². The summed E-state index contributed by atoms with van der Waals surface area (Å²) in [7, 11) is 0. The third kappa shape index (κ3) is 6.44. The molecule has 6 rings (SSSR count). The molecule has 5 nitrogen and oxygen atoms in total. The van der Waals surface area contributed by atoms with Crippen LogP contribution in [0.1, 0.15) is 90.3 Å². The van der Waals surface area contributed by atoms with E-state index in [2.05, 4.69) is 129 Å². The van der Waals surface area contributed by atoms with Crippen molar-refractivity contribution in [3.05, 3.63) is 143 Å². The van der Waals surface area contributed by atoms with E-state index in [1.165, 1.54) is 39.3 Å². The zero-order valence-electron chi connectivity index (χ0n) is 30.4. The van der Waals surface area contributed by atoms with E-state index in [4.69, 9.17) is 11.5 Å². The van der Waals surface area contributed by atoms with Crippen LogP contribution in [0.2, 0.25) is 0 Å². The van der Waals surface area contributed by atoms with Gasteiger partial charge in [0.15, 0.2) is 0 Å². The second-order valence-corrected chi connectivity index (χ2v) is 14.9. The van der Waals surface area contributed by atoms with Crippen LogP contribution in [-0.2, 0) is 10.8 Å². The van der Waals surface area contributed by atoms with Crippen LogP contribution in [0.15, 0.2) is 126 Å². The molecule has 0 saturated carbocycles. The van der Waals surface area contributed by atoms with E-state index in [1.807, 2.05) is 30.5 Å². The van der Waals surface area contributed by atoms with Gasteiger partial charge >= 0.3 is 0 Å². The highest BCUT2D eigenvalue weighted by molar-refractivity contribution is 5.73. The number of para-hydroxylation sites is 3. The fourth-order valence-electron chi connectivity index (χ4n) is 8.24. The van der Waals surface area contributed by atoms with Crippen LogP contribution in [0.3, 0.4) is 0 Å². The Labute approximate surface area is 294 Å². The smallest absolute Gasteiger partial charge is 0.0571 e. The van der Waals surface area contributed by atoms with E-state index in [-0.39, 0.29) is 16.9 Å². The third-order valence-electron chi connectivity index (χ3n) is 10.8. The zero-order valence-corrected chi connectivity index (χ0v) is 30.4. The van der Waals surface area contributed by atoms with Gasteiger partial charge in [-0.3, -0.25) is 0 Å². The second kappa shape index (κ2) is 14.1. The predicted molar refractivity (Wildman–Crippen MR) is 210 cm³/mol. The zero-order chi connectivity index (χ0) is 34.8. The molecule has 0 fully saturated rings. The van der Waals surface area contributed by atoms with Crippen molar-refractivity contribution in [3.63, 3.8) is 0 Å². The quantitative estimate of drug-likeness (QED) is 0.190. The number of nitrogens with zero attached hydrogens (tertiary/aromatic N) is 2. The molecule has 49 heavy (non-hydrogen) atoms. The molecule has 0 amide bonds. The van der Waals surface area contributed by atoms with Gasteiger partial charge in [-0.25, -0.2) is 0 Å². The summed E-state index contributed by atoms with van der Waals surface area (Å²) in [6, 6.07) is 25.9. The van der Waals surface area contributed by atoms with Gasteiger partial charge in [-0.2, -0.15) is 0 Å². The Hall–Kier alpha value is -4.64. The molecule has 3 aromatic carbocycles. The van der Waals surface area contributed by atoms with Gasteiger partial charge in [-0.15, -0.1) is 0 Å². The van der Waals surface area contributed by atoms with Crippen molar-refractivity contribution >= 4 is 22.8 Å². The number of nitrogens with one attached hydrogen (secondary N) is 1. The average molecular weight is 654 g/mol. The highest BCUT2D eigenvalue weighted by Crippen LogP contribution is 2.48. The lowest BCUT2D eigenvalue weighted by Gasteiger charge is -2.32. The molecule has 1 atom stereocenters. The summed E-state index contributed by atoms with van der Waals surface area (Å²) >= 11 is 0. The largest absolute Gasteiger partial charge is 0.398 e. The summed E-state index contributed by atoms with van der Waals surface area (Å²) in [5.74, 6) is 0. The number of fused-ring (bicyclic) bond motifs is 2. The first-order valence-corrected chi connectivity index (χ1v) is 18.2. The van der Waals surface area contributed by atoms with Gasteiger partial charge in [-0.1, -0.05) is 114 Å². The predicted octanol–water partition coefficient (Wildman–Crippen LogP) is 9.70. The molecule has 5 N–H and O–H groups in total. The molecular weight excluding hydrogens is 599 g/mol. The first kappa shape index (κ1) is 34.2. The summed E-state index contributed by atoms with van der Waals surface area (Å²) in [4.78, 5) is 5.12. The Kier molecular flexibility index (Phi) is 9.83. The van der Waals surface area contributed by atoms with E-state index >= 15 is 0 Å². The van der Waals surface area contributed by atoms with Crippen molar-refractivity contribution < 1.29 is 0 Å². The maximum Gasteiger partial charge on any atom is 0.0571 e. The van der Waals surface area contributed by atoms with Crippen LogP contribution in [-0.4, -0.2) is 19.1 Å². The number of anilines is 3. The van der Waals surface area contributed by atoms with Gasteiger partial charge in [0.2, 0.25) is 0 Å². The minimum absolute atomic E-state index is 0.00483. The van der Waals surface area contributed by atoms with Gasteiger partial charge in [0, 0.05) is 64.1 Å². The highest BCUT2D eigenvalue weighted by Gasteiger charge is 2.43. The lowest BCUT2D eigenvalue weighted by Crippen LogP contribution is -2.40. The van der Waals surface area contributed by atoms with Gasteiger partial charge in [0.05, 0.1) is 11.7 Å². The summed E-state index contributed by atoms with van der Waals surface area (Å²) < 4.78 is 0. The number of nitrogens with two attached hydrogens (primary N) is 2. The van der Waals surface area contributed by atoms with Gasteiger partial charge in [-0.05, 0) is 78.7 Å². The monoisotopic (exact) mass is 653 g/mol.